The van der Waals surface area contributed by atoms with Crippen molar-refractivity contribution in [1.29, 1.82) is 0 Å². The normalized spacial score (nSPS) is 21.5. The average molecular weight is 371 g/mol. The number of nitrogens with zero attached hydrogens (tertiary/aromatic N) is 3. The summed E-state index contributed by atoms with van der Waals surface area (Å²) in [6, 6.07) is 5.49. The molecule has 0 bridgehead atoms. The first-order chi connectivity index (χ1) is 13.2. The van der Waals surface area contributed by atoms with Crippen molar-refractivity contribution in [3.8, 4) is 5.75 Å². The minimum atomic E-state index is -0.130. The van der Waals surface area contributed by atoms with Crippen molar-refractivity contribution >= 4 is 5.91 Å². The van der Waals surface area contributed by atoms with E-state index in [0.717, 1.165) is 38.0 Å². The highest BCUT2D eigenvalue weighted by Gasteiger charge is 2.46. The van der Waals surface area contributed by atoms with Crippen LogP contribution in [0, 0.1) is 12.8 Å². The molecule has 7 heteroatoms. The Morgan fingerprint density at radius 2 is 2.26 bits per heavy atom. The number of likely N-dealkylation sites (tertiary alicyclic amines) is 1. The molecule has 1 atom stereocenters. The molecule has 2 aromatic rings. The van der Waals surface area contributed by atoms with Gasteiger partial charge >= 0.3 is 0 Å². The summed E-state index contributed by atoms with van der Waals surface area (Å²) in [5.74, 6) is 1.85. The van der Waals surface area contributed by atoms with E-state index in [1.54, 1.807) is 25.4 Å². The van der Waals surface area contributed by atoms with Crippen LogP contribution >= 0.6 is 0 Å². The van der Waals surface area contributed by atoms with Gasteiger partial charge in [0.1, 0.15) is 11.5 Å². The Morgan fingerprint density at radius 3 is 2.96 bits per heavy atom. The van der Waals surface area contributed by atoms with E-state index in [9.17, 15) is 4.79 Å². The molecule has 1 amide bonds. The summed E-state index contributed by atoms with van der Waals surface area (Å²) < 4.78 is 17.0. The van der Waals surface area contributed by atoms with Crippen molar-refractivity contribution in [2.45, 2.75) is 38.2 Å². The van der Waals surface area contributed by atoms with Crippen LogP contribution < -0.4 is 4.74 Å². The van der Waals surface area contributed by atoms with Crippen LogP contribution in [0.3, 0.4) is 0 Å². The van der Waals surface area contributed by atoms with Gasteiger partial charge in [0.05, 0.1) is 18.4 Å². The van der Waals surface area contributed by atoms with Gasteiger partial charge in [-0.3, -0.25) is 9.78 Å². The van der Waals surface area contributed by atoms with E-state index in [2.05, 4.69) is 10.1 Å². The van der Waals surface area contributed by atoms with Gasteiger partial charge in [0, 0.05) is 32.0 Å². The zero-order chi connectivity index (χ0) is 18.7. The molecule has 0 aromatic carbocycles. The SMILES string of the molecule is Cc1cc(C(=O)N2CCC3(CC2)OCCC3CCOc2cccnc2)no1. The highest BCUT2D eigenvalue weighted by atomic mass is 16.5. The number of carbonyl (C=O) groups is 1. The van der Waals surface area contributed by atoms with Gasteiger partial charge in [-0.2, -0.15) is 0 Å². The molecule has 1 unspecified atom stereocenters. The van der Waals surface area contributed by atoms with Crippen molar-refractivity contribution in [2.24, 2.45) is 5.92 Å². The second-order valence-electron chi connectivity index (χ2n) is 7.34. The number of aromatic nitrogens is 2. The number of piperidine rings is 1. The Labute approximate surface area is 158 Å². The van der Waals surface area contributed by atoms with Crippen LogP contribution in [0.1, 0.15) is 41.9 Å². The Hall–Kier alpha value is -2.41. The highest BCUT2D eigenvalue weighted by molar-refractivity contribution is 5.92. The first-order valence-electron chi connectivity index (χ1n) is 9.56. The lowest BCUT2D eigenvalue weighted by Crippen LogP contribution is -2.49. The number of hydrogen-bond donors (Lipinski definition) is 0. The summed E-state index contributed by atoms with van der Waals surface area (Å²) in [5, 5.41) is 3.85. The fourth-order valence-electron chi connectivity index (χ4n) is 4.21. The Bertz CT molecular complexity index is 769. The lowest BCUT2D eigenvalue weighted by molar-refractivity contribution is -0.0649. The van der Waals surface area contributed by atoms with Gasteiger partial charge in [-0.25, -0.2) is 0 Å². The molecule has 2 aliphatic rings. The predicted octanol–water partition coefficient (Wildman–Crippen LogP) is 2.86. The van der Waals surface area contributed by atoms with E-state index in [-0.39, 0.29) is 11.5 Å². The van der Waals surface area contributed by atoms with Crippen molar-refractivity contribution in [2.75, 3.05) is 26.3 Å². The minimum Gasteiger partial charge on any atom is -0.492 e. The average Bonchev–Trinajstić information content (AvgIpc) is 3.30. The van der Waals surface area contributed by atoms with Crippen LogP contribution in [-0.2, 0) is 4.74 Å². The second kappa shape index (κ2) is 7.68. The first kappa shape index (κ1) is 18.0. The Balaban J connectivity index is 1.31. The summed E-state index contributed by atoms with van der Waals surface area (Å²) in [5.41, 5.74) is 0.256. The number of ether oxygens (including phenoxy) is 2. The van der Waals surface area contributed by atoms with Crippen LogP contribution in [0.5, 0.6) is 5.75 Å². The second-order valence-corrected chi connectivity index (χ2v) is 7.34. The molecule has 0 saturated carbocycles. The fourth-order valence-corrected chi connectivity index (χ4v) is 4.21. The summed E-state index contributed by atoms with van der Waals surface area (Å²) in [6.45, 7) is 4.60. The van der Waals surface area contributed by atoms with Gasteiger partial charge in [-0.15, -0.1) is 0 Å². The van der Waals surface area contributed by atoms with Crippen LogP contribution in [-0.4, -0.2) is 52.9 Å². The van der Waals surface area contributed by atoms with Gasteiger partial charge in [-0.1, -0.05) is 5.16 Å². The zero-order valence-electron chi connectivity index (χ0n) is 15.6. The summed E-state index contributed by atoms with van der Waals surface area (Å²) >= 11 is 0. The molecule has 0 N–H and O–H groups in total. The van der Waals surface area contributed by atoms with E-state index in [1.165, 1.54) is 0 Å². The molecule has 144 valence electrons. The standard InChI is InChI=1S/C20H25N3O4/c1-15-13-18(22-27-15)19(24)23-9-6-20(7-10-23)16(5-12-26-20)4-11-25-17-3-2-8-21-14-17/h2-3,8,13-14,16H,4-7,9-12H2,1H3. The van der Waals surface area contributed by atoms with Crippen LogP contribution in [0.2, 0.25) is 0 Å². The number of amides is 1. The van der Waals surface area contributed by atoms with E-state index in [1.807, 2.05) is 17.0 Å². The van der Waals surface area contributed by atoms with E-state index in [4.69, 9.17) is 14.0 Å². The number of rotatable bonds is 5. The lowest BCUT2D eigenvalue weighted by Gasteiger charge is -2.42. The van der Waals surface area contributed by atoms with E-state index >= 15 is 0 Å². The van der Waals surface area contributed by atoms with Crippen molar-refractivity contribution in [3.05, 3.63) is 42.0 Å². The van der Waals surface area contributed by atoms with Crippen LogP contribution in [0.25, 0.3) is 0 Å². The number of hydrogen-bond acceptors (Lipinski definition) is 6. The molecule has 1 spiro atoms. The van der Waals surface area contributed by atoms with Gasteiger partial charge in [0.15, 0.2) is 5.69 Å². The molecular weight excluding hydrogens is 346 g/mol. The summed E-state index contributed by atoms with van der Waals surface area (Å²) in [6.07, 6.45) is 7.18. The molecule has 2 fully saturated rings. The van der Waals surface area contributed by atoms with Crippen LogP contribution in [0.4, 0.5) is 0 Å². The molecule has 7 nitrogen and oxygen atoms in total. The molecule has 4 rings (SSSR count). The van der Waals surface area contributed by atoms with Gasteiger partial charge in [0.2, 0.25) is 0 Å². The zero-order valence-corrected chi connectivity index (χ0v) is 15.6. The third-order valence-corrected chi connectivity index (χ3v) is 5.71. The molecular formula is C20H25N3O4. The number of pyridine rings is 1. The predicted molar refractivity (Wildman–Crippen MR) is 97.5 cm³/mol. The molecule has 4 heterocycles. The Kier molecular flexibility index (Phi) is 5.11. The maximum atomic E-state index is 12.6. The third kappa shape index (κ3) is 3.83. The van der Waals surface area contributed by atoms with Crippen molar-refractivity contribution < 1.29 is 18.8 Å². The lowest BCUT2D eigenvalue weighted by atomic mass is 9.78. The maximum absolute atomic E-state index is 12.6. The van der Waals surface area contributed by atoms with Crippen molar-refractivity contribution in [1.82, 2.24) is 15.0 Å². The van der Waals surface area contributed by atoms with Gasteiger partial charge in [0.25, 0.3) is 5.91 Å². The minimum absolute atomic E-state index is 0.0591. The molecule has 0 aliphatic carbocycles. The monoisotopic (exact) mass is 371 g/mol. The number of aryl methyl sites for hydroxylation is 1. The smallest absolute Gasteiger partial charge is 0.276 e. The van der Waals surface area contributed by atoms with Gasteiger partial charge < -0.3 is 18.9 Å². The quantitative estimate of drug-likeness (QED) is 0.804. The van der Waals surface area contributed by atoms with E-state index < -0.39 is 0 Å². The molecule has 2 aliphatic heterocycles. The topological polar surface area (TPSA) is 77.7 Å². The third-order valence-electron chi connectivity index (χ3n) is 5.71. The largest absolute Gasteiger partial charge is 0.492 e. The summed E-state index contributed by atoms with van der Waals surface area (Å²) in [4.78, 5) is 18.5. The maximum Gasteiger partial charge on any atom is 0.276 e. The first-order valence-corrected chi connectivity index (χ1v) is 9.56. The highest BCUT2D eigenvalue weighted by Crippen LogP contribution is 2.42. The fraction of sp³-hybridized carbons (Fsp3) is 0.550. The molecule has 0 radical (unpaired) electrons. The van der Waals surface area contributed by atoms with Crippen molar-refractivity contribution in [3.63, 3.8) is 0 Å². The number of carbonyl (C=O) groups excluding carboxylic acids is 1. The summed E-state index contributed by atoms with van der Waals surface area (Å²) in [7, 11) is 0. The van der Waals surface area contributed by atoms with E-state index in [0.29, 0.717) is 37.1 Å². The molecule has 27 heavy (non-hydrogen) atoms. The molecule has 2 aromatic heterocycles. The van der Waals surface area contributed by atoms with Crippen LogP contribution in [0.15, 0.2) is 35.1 Å². The Morgan fingerprint density at radius 1 is 1.41 bits per heavy atom. The molecule has 2 saturated heterocycles. The van der Waals surface area contributed by atoms with Gasteiger partial charge in [-0.05, 0) is 50.7 Å².